The lowest BCUT2D eigenvalue weighted by Gasteiger charge is -2.29. The highest BCUT2D eigenvalue weighted by Crippen LogP contribution is 2.23. The minimum absolute atomic E-state index is 0.0361. The number of amides is 2. The Morgan fingerprint density at radius 1 is 0.932 bits per heavy atom. The van der Waals surface area contributed by atoms with Crippen LogP contribution < -0.4 is 10.6 Å². The van der Waals surface area contributed by atoms with E-state index in [2.05, 4.69) is 10.6 Å². The summed E-state index contributed by atoms with van der Waals surface area (Å²) in [5.74, 6) is -2.25. The number of benzene rings is 2. The average molecular weight is 603 g/mol. The molecule has 44 heavy (non-hydrogen) atoms. The Kier molecular flexibility index (Phi) is 12.9. The van der Waals surface area contributed by atoms with Crippen molar-refractivity contribution in [3.63, 3.8) is 0 Å². The van der Waals surface area contributed by atoms with Crippen LogP contribution in [0.5, 0.6) is 0 Å². The second kappa shape index (κ2) is 16.6. The molecule has 2 amide bonds. The Hall–Kier alpha value is -4.20. The Morgan fingerprint density at radius 2 is 1.59 bits per heavy atom. The van der Waals surface area contributed by atoms with Gasteiger partial charge in [0.25, 0.3) is 0 Å². The van der Waals surface area contributed by atoms with Gasteiger partial charge < -0.3 is 20.1 Å². The highest BCUT2D eigenvalue weighted by atomic mass is 16.6. The lowest BCUT2D eigenvalue weighted by molar-refractivity contribution is -0.178. The SMILES string of the molecule is CC(C)C[C@@H]1OC(=O)C(C)(C)CNC(=O)[C@@H](CCc2ccccc2)NC(=O)/C=C/C[C@@H]([C@H](C)/C=C/c2ccccc2)OC1=O. The van der Waals surface area contributed by atoms with Crippen molar-refractivity contribution >= 4 is 29.8 Å². The summed E-state index contributed by atoms with van der Waals surface area (Å²) in [4.78, 5) is 53.0. The Bertz CT molecular complexity index is 1300. The molecule has 0 radical (unpaired) electrons. The number of aryl methyl sites for hydroxylation is 1. The van der Waals surface area contributed by atoms with Gasteiger partial charge in [0.1, 0.15) is 12.1 Å². The fraction of sp³-hybridized carbons (Fsp3) is 0.444. The van der Waals surface area contributed by atoms with Gasteiger partial charge in [-0.1, -0.05) is 99.7 Å². The van der Waals surface area contributed by atoms with Crippen LogP contribution in [-0.2, 0) is 35.1 Å². The normalized spacial score (nSPS) is 23.4. The van der Waals surface area contributed by atoms with E-state index in [1.807, 2.05) is 93.6 Å². The van der Waals surface area contributed by atoms with Gasteiger partial charge in [0.2, 0.25) is 11.8 Å². The highest BCUT2D eigenvalue weighted by Gasteiger charge is 2.36. The molecule has 2 aromatic carbocycles. The maximum Gasteiger partial charge on any atom is 0.347 e. The molecule has 8 heteroatoms. The summed E-state index contributed by atoms with van der Waals surface area (Å²) in [6, 6.07) is 18.7. The van der Waals surface area contributed by atoms with Gasteiger partial charge in [-0.05, 0) is 56.2 Å². The number of rotatable bonds is 8. The van der Waals surface area contributed by atoms with E-state index < -0.39 is 47.4 Å². The van der Waals surface area contributed by atoms with Crippen LogP contribution in [0.25, 0.3) is 6.08 Å². The first-order chi connectivity index (χ1) is 20.9. The molecule has 0 saturated heterocycles. The Balaban J connectivity index is 1.89. The zero-order chi connectivity index (χ0) is 32.1. The van der Waals surface area contributed by atoms with Gasteiger partial charge in [-0.15, -0.1) is 0 Å². The summed E-state index contributed by atoms with van der Waals surface area (Å²) >= 11 is 0. The van der Waals surface area contributed by atoms with E-state index in [1.54, 1.807) is 19.9 Å². The largest absolute Gasteiger partial charge is 0.459 e. The van der Waals surface area contributed by atoms with E-state index in [1.165, 1.54) is 6.08 Å². The van der Waals surface area contributed by atoms with Crippen molar-refractivity contribution in [3.05, 3.63) is 90.0 Å². The number of cyclic esters (lactones) is 2. The predicted octanol–water partition coefficient (Wildman–Crippen LogP) is 5.43. The quantitative estimate of drug-likeness (QED) is 0.390. The number of hydrogen-bond donors (Lipinski definition) is 2. The maximum atomic E-state index is 13.4. The first kappa shape index (κ1) is 34.3. The fourth-order valence-corrected chi connectivity index (χ4v) is 4.71. The molecule has 4 atom stereocenters. The summed E-state index contributed by atoms with van der Waals surface area (Å²) in [5, 5.41) is 5.62. The van der Waals surface area contributed by atoms with Crippen LogP contribution in [0, 0.1) is 17.3 Å². The smallest absolute Gasteiger partial charge is 0.347 e. The van der Waals surface area contributed by atoms with Gasteiger partial charge in [0.05, 0.1) is 5.41 Å². The summed E-state index contributed by atoms with van der Waals surface area (Å²) in [6.07, 6.45) is 6.67. The number of carbonyl (C=O) groups is 4. The van der Waals surface area contributed by atoms with E-state index in [9.17, 15) is 19.2 Å². The molecule has 236 valence electrons. The van der Waals surface area contributed by atoms with E-state index in [0.717, 1.165) is 11.1 Å². The fourth-order valence-electron chi connectivity index (χ4n) is 4.71. The molecule has 0 fully saturated rings. The molecule has 8 nitrogen and oxygen atoms in total. The van der Waals surface area contributed by atoms with Crippen LogP contribution in [0.3, 0.4) is 0 Å². The van der Waals surface area contributed by atoms with Crippen LogP contribution in [0.1, 0.15) is 65.0 Å². The maximum absolute atomic E-state index is 13.4. The van der Waals surface area contributed by atoms with Gasteiger partial charge >= 0.3 is 11.9 Å². The molecule has 3 rings (SSSR count). The number of esters is 2. The van der Waals surface area contributed by atoms with Crippen LogP contribution in [0.15, 0.2) is 78.9 Å². The number of carbonyl (C=O) groups excluding carboxylic acids is 4. The minimum atomic E-state index is -1.14. The first-order valence-electron chi connectivity index (χ1n) is 15.4. The molecule has 1 aliphatic rings. The first-order valence-corrected chi connectivity index (χ1v) is 15.4. The molecular weight excluding hydrogens is 556 g/mol. The molecular formula is C36H46N2O6. The van der Waals surface area contributed by atoms with Gasteiger partial charge in [0.15, 0.2) is 6.10 Å². The van der Waals surface area contributed by atoms with Crippen LogP contribution in [-0.4, -0.2) is 48.5 Å². The third-order valence-corrected chi connectivity index (χ3v) is 7.54. The Labute approximate surface area is 261 Å². The monoisotopic (exact) mass is 602 g/mol. The molecule has 0 aromatic heterocycles. The van der Waals surface area contributed by atoms with E-state index >= 15 is 0 Å². The molecule has 0 aliphatic carbocycles. The van der Waals surface area contributed by atoms with Crippen molar-refractivity contribution in [1.82, 2.24) is 10.6 Å². The second-order valence-electron chi connectivity index (χ2n) is 12.5. The molecule has 1 aliphatic heterocycles. The van der Waals surface area contributed by atoms with Crippen molar-refractivity contribution in [1.29, 1.82) is 0 Å². The predicted molar refractivity (Wildman–Crippen MR) is 171 cm³/mol. The third-order valence-electron chi connectivity index (χ3n) is 7.54. The van der Waals surface area contributed by atoms with E-state index in [-0.39, 0.29) is 31.2 Å². The molecule has 1 heterocycles. The summed E-state index contributed by atoms with van der Waals surface area (Å²) < 4.78 is 11.7. The molecule has 0 spiro atoms. The van der Waals surface area contributed by atoms with E-state index in [0.29, 0.717) is 12.8 Å². The van der Waals surface area contributed by atoms with Crippen molar-refractivity contribution in [3.8, 4) is 0 Å². The lowest BCUT2D eigenvalue weighted by Crippen LogP contribution is -2.50. The standard InChI is InChI=1S/C36H46N2O6/c1-25(2)23-31-34(41)43-30(26(3)19-20-27-13-8-6-9-14-27)17-12-18-32(39)38-29(22-21-28-15-10-7-11-16-28)33(40)37-24-36(4,5)35(42)44-31/h6-16,18-20,25-26,29-31H,17,21-24H2,1-5H3,(H,37,40)(H,38,39)/b18-12+,20-19+/t26-,29-,30+,31+/m1/s1. The number of ether oxygens (including phenoxy) is 2. The van der Waals surface area contributed by atoms with Crippen LogP contribution >= 0.6 is 0 Å². The third kappa shape index (κ3) is 11.1. The molecule has 2 aromatic rings. The molecule has 0 unspecified atom stereocenters. The molecule has 0 bridgehead atoms. The zero-order valence-electron chi connectivity index (χ0n) is 26.5. The molecule has 0 saturated carbocycles. The lowest BCUT2D eigenvalue weighted by atomic mass is 9.93. The average Bonchev–Trinajstić information content (AvgIpc) is 3.00. The summed E-state index contributed by atoms with van der Waals surface area (Å²) in [6.45, 7) is 9.06. The summed E-state index contributed by atoms with van der Waals surface area (Å²) in [5.41, 5.74) is 0.906. The highest BCUT2D eigenvalue weighted by molar-refractivity contribution is 5.93. The Morgan fingerprint density at radius 3 is 2.25 bits per heavy atom. The number of hydrogen-bond acceptors (Lipinski definition) is 6. The van der Waals surface area contributed by atoms with Gasteiger partial charge in [-0.2, -0.15) is 0 Å². The van der Waals surface area contributed by atoms with Crippen molar-refractivity contribution in [2.45, 2.75) is 78.6 Å². The zero-order valence-corrected chi connectivity index (χ0v) is 26.5. The number of nitrogens with one attached hydrogen (secondary N) is 2. The topological polar surface area (TPSA) is 111 Å². The van der Waals surface area contributed by atoms with Gasteiger partial charge in [0, 0.05) is 18.9 Å². The van der Waals surface area contributed by atoms with Gasteiger partial charge in [-0.3, -0.25) is 14.4 Å². The van der Waals surface area contributed by atoms with E-state index in [4.69, 9.17) is 9.47 Å². The van der Waals surface area contributed by atoms with Crippen LogP contribution in [0.4, 0.5) is 0 Å². The molecule has 2 N–H and O–H groups in total. The van der Waals surface area contributed by atoms with Crippen molar-refractivity contribution in [2.24, 2.45) is 17.3 Å². The van der Waals surface area contributed by atoms with Crippen LogP contribution in [0.2, 0.25) is 0 Å². The minimum Gasteiger partial charge on any atom is -0.459 e. The summed E-state index contributed by atoms with van der Waals surface area (Å²) in [7, 11) is 0. The van der Waals surface area contributed by atoms with Gasteiger partial charge in [-0.25, -0.2) is 4.79 Å². The van der Waals surface area contributed by atoms with Crippen molar-refractivity contribution < 1.29 is 28.7 Å². The second-order valence-corrected chi connectivity index (χ2v) is 12.5. The van der Waals surface area contributed by atoms with Crippen molar-refractivity contribution in [2.75, 3.05) is 6.54 Å².